The van der Waals surface area contributed by atoms with E-state index in [1.54, 1.807) is 42.3 Å². The number of carboxylic acid groups (broad SMARTS) is 1. The lowest BCUT2D eigenvalue weighted by molar-refractivity contribution is -0.126. The van der Waals surface area contributed by atoms with E-state index >= 15 is 0 Å². The lowest BCUT2D eigenvalue weighted by Gasteiger charge is -2.22. The lowest BCUT2D eigenvalue weighted by atomic mass is 10.1. The second-order valence-corrected chi connectivity index (χ2v) is 8.05. The van der Waals surface area contributed by atoms with Gasteiger partial charge in [-0.05, 0) is 60.3 Å². The molecule has 176 valence electrons. The van der Waals surface area contributed by atoms with Gasteiger partial charge >= 0.3 is 5.97 Å². The van der Waals surface area contributed by atoms with Crippen LogP contribution in [-0.4, -0.2) is 44.8 Å². The Morgan fingerprint density at radius 3 is 2.43 bits per heavy atom. The van der Waals surface area contributed by atoms with E-state index in [0.717, 1.165) is 16.6 Å². The van der Waals surface area contributed by atoms with Gasteiger partial charge in [-0.15, -0.1) is 0 Å². The molecule has 0 bridgehead atoms. The Balaban J connectivity index is 1.39. The number of aromatic nitrogens is 2. The standard InChI is InChI=1S/C27H24N4O4/c1-17(23-15-19-7-3-6-10-22(19)29-23)31(2)25(32)14-12-18-11-13-24(28-16-18)30-26(33)20-8-4-5-9-21(20)27(34)35/h3-17,29H,1-2H3,(H,34,35)(H,28,30,33). The molecule has 0 saturated carbocycles. The molecule has 2 aromatic heterocycles. The van der Waals surface area contributed by atoms with E-state index in [1.165, 1.54) is 24.4 Å². The predicted molar refractivity (Wildman–Crippen MR) is 134 cm³/mol. The minimum atomic E-state index is -1.18. The number of aromatic amines is 1. The van der Waals surface area contributed by atoms with Crippen LogP contribution in [0.4, 0.5) is 5.82 Å². The van der Waals surface area contributed by atoms with E-state index in [9.17, 15) is 19.5 Å². The van der Waals surface area contributed by atoms with Crippen LogP contribution in [-0.2, 0) is 4.79 Å². The smallest absolute Gasteiger partial charge is 0.336 e. The van der Waals surface area contributed by atoms with Crippen molar-refractivity contribution >= 4 is 40.6 Å². The van der Waals surface area contributed by atoms with Crippen molar-refractivity contribution in [1.82, 2.24) is 14.9 Å². The average Bonchev–Trinajstić information content (AvgIpc) is 3.31. The van der Waals surface area contributed by atoms with Crippen LogP contribution in [0.3, 0.4) is 0 Å². The van der Waals surface area contributed by atoms with Crippen LogP contribution in [0.5, 0.6) is 0 Å². The summed E-state index contributed by atoms with van der Waals surface area (Å²) in [5, 5.41) is 12.9. The maximum absolute atomic E-state index is 12.7. The Bertz CT molecular complexity index is 1390. The molecule has 2 amide bonds. The number of carbonyl (C=O) groups excluding carboxylic acids is 2. The van der Waals surface area contributed by atoms with E-state index in [1.807, 2.05) is 37.3 Å². The molecule has 0 aliphatic rings. The van der Waals surface area contributed by atoms with Crippen LogP contribution in [0.15, 0.2) is 79.0 Å². The molecule has 0 aliphatic carbocycles. The summed E-state index contributed by atoms with van der Waals surface area (Å²) >= 11 is 0. The lowest BCUT2D eigenvalue weighted by Crippen LogP contribution is -2.28. The summed E-state index contributed by atoms with van der Waals surface area (Å²) in [7, 11) is 1.74. The predicted octanol–water partition coefficient (Wildman–Crippen LogP) is 4.75. The molecule has 0 radical (unpaired) electrons. The number of pyridine rings is 1. The highest BCUT2D eigenvalue weighted by molar-refractivity contribution is 6.10. The molecular weight excluding hydrogens is 444 g/mol. The highest BCUT2D eigenvalue weighted by Gasteiger charge is 2.18. The number of fused-ring (bicyclic) bond motifs is 1. The van der Waals surface area contributed by atoms with Gasteiger partial charge in [0.1, 0.15) is 5.82 Å². The number of anilines is 1. The van der Waals surface area contributed by atoms with Crippen molar-refractivity contribution in [3.63, 3.8) is 0 Å². The average molecular weight is 469 g/mol. The van der Waals surface area contributed by atoms with E-state index in [2.05, 4.69) is 15.3 Å². The number of benzene rings is 2. The number of aromatic carboxylic acids is 1. The number of para-hydroxylation sites is 1. The fourth-order valence-corrected chi connectivity index (χ4v) is 3.63. The number of likely N-dealkylation sites (N-methyl/N-ethyl adjacent to an activating group) is 1. The maximum atomic E-state index is 12.7. The molecule has 3 N–H and O–H groups in total. The number of nitrogens with one attached hydrogen (secondary N) is 2. The molecule has 2 heterocycles. The monoisotopic (exact) mass is 468 g/mol. The van der Waals surface area contributed by atoms with Crippen LogP contribution >= 0.6 is 0 Å². The Labute approximate surface area is 201 Å². The first kappa shape index (κ1) is 23.4. The van der Waals surface area contributed by atoms with Crippen LogP contribution in [0.25, 0.3) is 17.0 Å². The second-order valence-electron chi connectivity index (χ2n) is 8.05. The number of hydrogen-bond acceptors (Lipinski definition) is 4. The molecule has 0 fully saturated rings. The van der Waals surface area contributed by atoms with Gasteiger partial charge in [-0.2, -0.15) is 0 Å². The summed E-state index contributed by atoms with van der Waals surface area (Å²) in [5.74, 6) is -1.65. The Hall–Kier alpha value is -4.72. The number of H-pyrrole nitrogens is 1. The summed E-state index contributed by atoms with van der Waals surface area (Å²) in [4.78, 5) is 45.7. The normalized spacial score (nSPS) is 11.9. The van der Waals surface area contributed by atoms with Crippen molar-refractivity contribution in [2.24, 2.45) is 0 Å². The van der Waals surface area contributed by atoms with Crippen molar-refractivity contribution in [3.8, 4) is 0 Å². The van der Waals surface area contributed by atoms with Gasteiger partial charge in [0, 0.05) is 30.5 Å². The SMILES string of the molecule is CC(c1cc2ccccc2[nH]1)N(C)C(=O)C=Cc1ccc(NC(=O)c2ccccc2C(=O)O)nc1. The van der Waals surface area contributed by atoms with Crippen molar-refractivity contribution in [3.05, 3.63) is 101 Å². The van der Waals surface area contributed by atoms with Gasteiger partial charge in [0.05, 0.1) is 17.2 Å². The van der Waals surface area contributed by atoms with Crippen LogP contribution < -0.4 is 5.32 Å². The van der Waals surface area contributed by atoms with Gasteiger partial charge in [0.25, 0.3) is 5.91 Å². The quantitative estimate of drug-likeness (QED) is 0.339. The van der Waals surface area contributed by atoms with Crippen molar-refractivity contribution in [1.29, 1.82) is 0 Å². The summed E-state index contributed by atoms with van der Waals surface area (Å²) < 4.78 is 0. The van der Waals surface area contributed by atoms with E-state index in [0.29, 0.717) is 5.56 Å². The summed E-state index contributed by atoms with van der Waals surface area (Å²) in [6.07, 6.45) is 4.64. The van der Waals surface area contributed by atoms with Crippen LogP contribution in [0.1, 0.15) is 44.9 Å². The number of carboxylic acids is 1. The van der Waals surface area contributed by atoms with Gasteiger partial charge in [0.2, 0.25) is 5.91 Å². The number of nitrogens with zero attached hydrogens (tertiary/aromatic N) is 2. The fraction of sp³-hybridized carbons (Fsp3) is 0.111. The molecule has 2 aromatic carbocycles. The van der Waals surface area contributed by atoms with Crippen molar-refractivity contribution in [2.75, 3.05) is 12.4 Å². The summed E-state index contributed by atoms with van der Waals surface area (Å²) in [5.41, 5.74) is 2.60. The van der Waals surface area contributed by atoms with Gasteiger partial charge in [-0.3, -0.25) is 9.59 Å². The van der Waals surface area contributed by atoms with Gasteiger partial charge in [-0.1, -0.05) is 30.3 Å². The molecular formula is C27H24N4O4. The number of amides is 2. The van der Waals surface area contributed by atoms with Crippen molar-refractivity contribution in [2.45, 2.75) is 13.0 Å². The third kappa shape index (κ3) is 5.27. The second kappa shape index (κ2) is 10.0. The highest BCUT2D eigenvalue weighted by Crippen LogP contribution is 2.23. The van der Waals surface area contributed by atoms with E-state index in [-0.39, 0.29) is 28.9 Å². The maximum Gasteiger partial charge on any atom is 0.336 e. The molecule has 0 saturated heterocycles. The third-order valence-corrected chi connectivity index (χ3v) is 5.78. The molecule has 35 heavy (non-hydrogen) atoms. The Morgan fingerprint density at radius 1 is 1.03 bits per heavy atom. The minimum Gasteiger partial charge on any atom is -0.478 e. The van der Waals surface area contributed by atoms with Gasteiger partial charge in [-0.25, -0.2) is 9.78 Å². The molecule has 1 atom stereocenters. The van der Waals surface area contributed by atoms with E-state index < -0.39 is 11.9 Å². The first-order valence-corrected chi connectivity index (χ1v) is 11.0. The van der Waals surface area contributed by atoms with E-state index in [4.69, 9.17) is 0 Å². The highest BCUT2D eigenvalue weighted by atomic mass is 16.4. The van der Waals surface area contributed by atoms with Gasteiger partial charge < -0.3 is 20.3 Å². The molecule has 4 aromatic rings. The molecule has 0 spiro atoms. The molecule has 4 rings (SSSR count). The Kier molecular flexibility index (Phi) is 6.73. The first-order valence-electron chi connectivity index (χ1n) is 11.0. The van der Waals surface area contributed by atoms with Crippen molar-refractivity contribution < 1.29 is 19.5 Å². The number of carbonyl (C=O) groups is 3. The largest absolute Gasteiger partial charge is 0.478 e. The zero-order valence-electron chi connectivity index (χ0n) is 19.2. The summed E-state index contributed by atoms with van der Waals surface area (Å²) in [6.45, 7) is 1.96. The number of hydrogen-bond donors (Lipinski definition) is 3. The zero-order valence-corrected chi connectivity index (χ0v) is 19.2. The minimum absolute atomic E-state index is 0.0449. The molecule has 1 unspecified atom stereocenters. The molecule has 0 aliphatic heterocycles. The van der Waals surface area contributed by atoms with Crippen LogP contribution in [0, 0.1) is 0 Å². The molecule has 8 nitrogen and oxygen atoms in total. The summed E-state index contributed by atoms with van der Waals surface area (Å²) in [6, 6.07) is 19.1. The van der Waals surface area contributed by atoms with Gasteiger partial charge in [0.15, 0.2) is 0 Å². The molecule has 8 heteroatoms. The topological polar surface area (TPSA) is 115 Å². The third-order valence-electron chi connectivity index (χ3n) is 5.78. The Morgan fingerprint density at radius 2 is 1.74 bits per heavy atom. The van der Waals surface area contributed by atoms with Crippen LogP contribution in [0.2, 0.25) is 0 Å². The number of rotatable bonds is 7. The fourth-order valence-electron chi connectivity index (χ4n) is 3.63. The first-order chi connectivity index (χ1) is 16.8. The zero-order chi connectivity index (χ0) is 24.9.